The Balaban J connectivity index is 3.80. The molecule has 0 bridgehead atoms. The van der Waals surface area contributed by atoms with E-state index in [1.807, 2.05) is 0 Å². The van der Waals surface area contributed by atoms with Gasteiger partial charge in [0, 0.05) is 6.42 Å². The fourth-order valence-corrected chi connectivity index (χ4v) is 5.86. The minimum absolute atomic E-state index is 0.249. The first-order valence-corrected chi connectivity index (χ1v) is 17.8. The van der Waals surface area contributed by atoms with Gasteiger partial charge in [0.05, 0.1) is 17.9 Å². The summed E-state index contributed by atoms with van der Waals surface area (Å²) in [5.74, 6) is -0.893. The quantitative estimate of drug-likeness (QED) is 0.0627. The molecular weight excluding hydrogens is 498 g/mol. The zero-order chi connectivity index (χ0) is 28.3. The van der Waals surface area contributed by atoms with Gasteiger partial charge in [-0.3, -0.25) is 9.35 Å². The average Bonchev–Trinajstić information content (AvgIpc) is 2.86. The molecule has 0 rings (SSSR count). The number of carbonyl (C=O) groups excluding carboxylic acids is 1. The Morgan fingerprint density at radius 1 is 0.605 bits per heavy atom. The van der Waals surface area contributed by atoms with Crippen LogP contribution in [0.25, 0.3) is 0 Å². The van der Waals surface area contributed by atoms with Crippen molar-refractivity contribution >= 4 is 16.0 Å². The van der Waals surface area contributed by atoms with Gasteiger partial charge in [-0.05, 0) is 12.8 Å². The predicted molar refractivity (Wildman–Crippen MR) is 161 cm³/mol. The number of rotatable bonds is 29. The van der Waals surface area contributed by atoms with Crippen molar-refractivity contribution in [3.63, 3.8) is 0 Å². The van der Waals surface area contributed by atoms with Crippen molar-refractivity contribution in [3.05, 3.63) is 0 Å². The Bertz CT molecular complexity index is 626. The molecule has 0 aliphatic rings. The topological polar surface area (TPSA) is 104 Å². The van der Waals surface area contributed by atoms with Crippen LogP contribution >= 0.6 is 0 Å². The molecular formula is C31H63NO5S. The van der Waals surface area contributed by atoms with E-state index in [9.17, 15) is 22.9 Å². The summed E-state index contributed by atoms with van der Waals surface area (Å²) < 4.78 is 32.1. The fourth-order valence-electron chi connectivity index (χ4n) is 5.10. The molecule has 0 fully saturated rings. The van der Waals surface area contributed by atoms with Crippen molar-refractivity contribution in [2.45, 2.75) is 187 Å². The van der Waals surface area contributed by atoms with Gasteiger partial charge in [-0.15, -0.1) is 0 Å². The van der Waals surface area contributed by atoms with Crippen LogP contribution in [-0.4, -0.2) is 41.9 Å². The van der Waals surface area contributed by atoms with E-state index in [1.54, 1.807) is 0 Å². The Kier molecular flexibility index (Phi) is 26.1. The molecule has 0 saturated carbocycles. The summed E-state index contributed by atoms with van der Waals surface area (Å²) >= 11 is 0. The molecule has 2 atom stereocenters. The summed E-state index contributed by atoms with van der Waals surface area (Å²) in [6, 6.07) is -0.959. The van der Waals surface area contributed by atoms with Crippen molar-refractivity contribution in [1.29, 1.82) is 0 Å². The van der Waals surface area contributed by atoms with Crippen molar-refractivity contribution < 1.29 is 22.9 Å². The zero-order valence-electron chi connectivity index (χ0n) is 25.1. The molecule has 0 aromatic heterocycles. The van der Waals surface area contributed by atoms with E-state index in [2.05, 4.69) is 19.2 Å². The summed E-state index contributed by atoms with van der Waals surface area (Å²) in [6.45, 7) is 4.43. The molecule has 0 aromatic carbocycles. The van der Waals surface area contributed by atoms with E-state index in [0.717, 1.165) is 44.9 Å². The zero-order valence-corrected chi connectivity index (χ0v) is 25.9. The number of hydrogen-bond donors (Lipinski definition) is 3. The number of unbranched alkanes of at least 4 members (excludes halogenated alkanes) is 21. The molecule has 1 amide bonds. The lowest BCUT2D eigenvalue weighted by Crippen LogP contribution is -2.47. The van der Waals surface area contributed by atoms with Crippen molar-refractivity contribution in [3.8, 4) is 0 Å². The van der Waals surface area contributed by atoms with E-state index in [-0.39, 0.29) is 5.91 Å². The second-order valence-corrected chi connectivity index (χ2v) is 13.0. The highest BCUT2D eigenvalue weighted by Gasteiger charge is 2.26. The van der Waals surface area contributed by atoms with Crippen LogP contribution in [0.2, 0.25) is 0 Å². The molecule has 0 heterocycles. The van der Waals surface area contributed by atoms with E-state index >= 15 is 0 Å². The molecule has 6 nitrogen and oxygen atoms in total. The average molecular weight is 562 g/mol. The van der Waals surface area contributed by atoms with Crippen LogP contribution in [0, 0.1) is 0 Å². The third-order valence-corrected chi connectivity index (χ3v) is 8.34. The highest BCUT2D eigenvalue weighted by molar-refractivity contribution is 7.85. The maximum Gasteiger partial charge on any atom is 0.266 e. The molecule has 228 valence electrons. The van der Waals surface area contributed by atoms with Gasteiger partial charge >= 0.3 is 0 Å². The Hall–Kier alpha value is -0.660. The van der Waals surface area contributed by atoms with Crippen LogP contribution in [0.15, 0.2) is 0 Å². The van der Waals surface area contributed by atoms with Gasteiger partial charge in [0.1, 0.15) is 0 Å². The number of carbonyl (C=O) groups is 1. The highest BCUT2D eigenvalue weighted by Crippen LogP contribution is 2.15. The van der Waals surface area contributed by atoms with Crippen molar-refractivity contribution in [2.24, 2.45) is 0 Å². The molecule has 0 saturated heterocycles. The van der Waals surface area contributed by atoms with Crippen LogP contribution in [0.1, 0.15) is 174 Å². The van der Waals surface area contributed by atoms with Crippen LogP contribution in [0.4, 0.5) is 0 Å². The van der Waals surface area contributed by atoms with Gasteiger partial charge in [0.15, 0.2) is 0 Å². The third kappa shape index (κ3) is 26.9. The van der Waals surface area contributed by atoms with Crippen LogP contribution < -0.4 is 5.32 Å². The molecule has 0 aliphatic heterocycles. The number of amides is 1. The lowest BCUT2D eigenvalue weighted by atomic mass is 10.0. The molecule has 0 spiro atoms. The van der Waals surface area contributed by atoms with Crippen LogP contribution in [-0.2, 0) is 14.9 Å². The third-order valence-electron chi connectivity index (χ3n) is 7.56. The van der Waals surface area contributed by atoms with E-state index in [1.165, 1.54) is 103 Å². The highest BCUT2D eigenvalue weighted by atomic mass is 32.2. The van der Waals surface area contributed by atoms with Crippen LogP contribution in [0.3, 0.4) is 0 Å². The molecule has 0 radical (unpaired) electrons. The SMILES string of the molecule is CCCCCCCCCCCCCCCCCCCC(=O)NC(CS(=O)(=O)O)C(O)CCCCCCCC. The smallest absolute Gasteiger partial charge is 0.266 e. The number of nitrogens with one attached hydrogen (secondary N) is 1. The fraction of sp³-hybridized carbons (Fsp3) is 0.968. The Morgan fingerprint density at radius 2 is 0.947 bits per heavy atom. The summed E-state index contributed by atoms with van der Waals surface area (Å²) in [7, 11) is -4.28. The molecule has 0 aromatic rings. The first-order valence-electron chi connectivity index (χ1n) is 16.2. The molecule has 0 aliphatic carbocycles. The number of aliphatic hydroxyl groups excluding tert-OH is 1. The second kappa shape index (κ2) is 26.6. The van der Waals surface area contributed by atoms with E-state index in [0.29, 0.717) is 12.8 Å². The minimum atomic E-state index is -4.28. The number of hydrogen-bond acceptors (Lipinski definition) is 4. The lowest BCUT2D eigenvalue weighted by Gasteiger charge is -2.23. The van der Waals surface area contributed by atoms with E-state index in [4.69, 9.17) is 0 Å². The van der Waals surface area contributed by atoms with E-state index < -0.39 is 28.0 Å². The van der Waals surface area contributed by atoms with Crippen molar-refractivity contribution in [2.75, 3.05) is 5.75 Å². The van der Waals surface area contributed by atoms with Gasteiger partial charge in [0.2, 0.25) is 5.91 Å². The van der Waals surface area contributed by atoms with Gasteiger partial charge in [-0.2, -0.15) is 8.42 Å². The molecule has 38 heavy (non-hydrogen) atoms. The summed E-state index contributed by atoms with van der Waals surface area (Å²) in [6.07, 6.45) is 27.9. The first kappa shape index (κ1) is 37.3. The van der Waals surface area contributed by atoms with Gasteiger partial charge in [-0.25, -0.2) is 0 Å². The predicted octanol–water partition coefficient (Wildman–Crippen LogP) is 8.51. The summed E-state index contributed by atoms with van der Waals surface area (Å²) in [5.41, 5.74) is 0. The maximum absolute atomic E-state index is 12.4. The van der Waals surface area contributed by atoms with Crippen LogP contribution in [0.5, 0.6) is 0 Å². The monoisotopic (exact) mass is 561 g/mol. The second-order valence-electron chi connectivity index (χ2n) is 11.5. The van der Waals surface area contributed by atoms with Crippen molar-refractivity contribution in [1.82, 2.24) is 5.32 Å². The first-order chi connectivity index (χ1) is 18.3. The standard InChI is InChI=1S/C31H63NO5S/c1-3-5-7-9-11-12-13-14-15-16-17-18-19-20-21-23-25-27-31(34)32-29(28-38(35,36)37)30(33)26-24-22-10-8-6-4-2/h29-30,33H,3-28H2,1-2H3,(H,32,34)(H,35,36,37). The number of aliphatic hydroxyl groups is 1. The summed E-state index contributed by atoms with van der Waals surface area (Å²) in [4.78, 5) is 12.4. The maximum atomic E-state index is 12.4. The minimum Gasteiger partial charge on any atom is -0.391 e. The normalized spacial score (nSPS) is 13.5. The molecule has 7 heteroatoms. The largest absolute Gasteiger partial charge is 0.391 e. The van der Waals surface area contributed by atoms with Gasteiger partial charge in [0.25, 0.3) is 10.1 Å². The Labute approximate surface area is 236 Å². The molecule has 3 N–H and O–H groups in total. The van der Waals surface area contributed by atoms with Gasteiger partial charge < -0.3 is 10.4 Å². The lowest BCUT2D eigenvalue weighted by molar-refractivity contribution is -0.122. The van der Waals surface area contributed by atoms with Gasteiger partial charge in [-0.1, -0.05) is 155 Å². The molecule has 2 unspecified atom stereocenters. The Morgan fingerprint density at radius 3 is 1.32 bits per heavy atom. The summed E-state index contributed by atoms with van der Waals surface area (Å²) in [5, 5.41) is 13.1.